The lowest BCUT2D eigenvalue weighted by atomic mass is 10.2. The van der Waals surface area contributed by atoms with Crippen molar-refractivity contribution < 1.29 is 18.0 Å². The number of sulfone groups is 1. The number of hydrogen-bond donors (Lipinski definition) is 2. The van der Waals surface area contributed by atoms with Crippen LogP contribution in [0.2, 0.25) is 0 Å². The lowest BCUT2D eigenvalue weighted by molar-refractivity contribution is 0.0930. The molecule has 146 valence electrons. The van der Waals surface area contributed by atoms with Crippen LogP contribution >= 0.6 is 0 Å². The highest BCUT2D eigenvalue weighted by molar-refractivity contribution is 7.91. The fourth-order valence-electron chi connectivity index (χ4n) is 3.18. The molecular weight excluding hydrogens is 368 g/mol. The number of nitrogens with zero attached hydrogens (tertiary/aromatic N) is 2. The number of carbonyl (C=O) groups is 2. The van der Waals surface area contributed by atoms with E-state index in [0.717, 1.165) is 19.3 Å². The first-order chi connectivity index (χ1) is 12.9. The summed E-state index contributed by atoms with van der Waals surface area (Å²) in [5, 5.41) is 5.56. The number of amides is 2. The Balaban J connectivity index is 1.79. The summed E-state index contributed by atoms with van der Waals surface area (Å²) in [6.45, 7) is 2.64. The number of carbonyl (C=O) groups excluding carboxylic acids is 2. The number of rotatable bonds is 7. The third kappa shape index (κ3) is 4.47. The van der Waals surface area contributed by atoms with E-state index in [2.05, 4.69) is 22.5 Å². The number of aromatic nitrogens is 2. The van der Waals surface area contributed by atoms with Crippen molar-refractivity contribution in [3.8, 4) is 0 Å². The van der Waals surface area contributed by atoms with Crippen molar-refractivity contribution in [1.82, 2.24) is 20.0 Å². The molecule has 0 aromatic carbocycles. The summed E-state index contributed by atoms with van der Waals surface area (Å²) in [5.74, 6) is -0.715. The largest absolute Gasteiger partial charge is 0.351 e. The molecule has 1 fully saturated rings. The number of nitrogens with one attached hydrogen (secondary N) is 2. The zero-order valence-electron chi connectivity index (χ0n) is 15.3. The molecule has 0 radical (unpaired) electrons. The normalized spacial score (nSPS) is 18.5. The number of fused-ring (bicyclic) bond motifs is 1. The average molecular weight is 392 g/mol. The molecule has 2 aromatic heterocycles. The van der Waals surface area contributed by atoms with Gasteiger partial charge in [-0.1, -0.05) is 25.8 Å². The zero-order chi connectivity index (χ0) is 19.4. The molecule has 8 nitrogen and oxygen atoms in total. The Morgan fingerprint density at radius 3 is 2.78 bits per heavy atom. The van der Waals surface area contributed by atoms with Crippen molar-refractivity contribution in [2.75, 3.05) is 18.1 Å². The van der Waals surface area contributed by atoms with Gasteiger partial charge in [-0.3, -0.25) is 14.0 Å². The van der Waals surface area contributed by atoms with Crippen LogP contribution in [-0.2, 0) is 9.84 Å². The first-order valence-corrected chi connectivity index (χ1v) is 11.0. The van der Waals surface area contributed by atoms with Crippen LogP contribution in [-0.4, -0.2) is 53.7 Å². The number of pyridine rings is 1. The fourth-order valence-corrected chi connectivity index (χ4v) is 4.86. The minimum Gasteiger partial charge on any atom is -0.351 e. The molecule has 0 saturated carbocycles. The minimum atomic E-state index is -3.10. The van der Waals surface area contributed by atoms with Gasteiger partial charge in [0, 0.05) is 18.8 Å². The maximum absolute atomic E-state index is 12.6. The SMILES string of the molecule is CCCCCNC(=O)c1nc(C(=O)NC2CCS(=O)(=O)C2)n2ccccc12. The predicted octanol–water partition coefficient (Wildman–Crippen LogP) is 1.17. The van der Waals surface area contributed by atoms with Gasteiger partial charge in [-0.05, 0) is 25.0 Å². The molecule has 1 saturated heterocycles. The molecule has 3 heterocycles. The monoisotopic (exact) mass is 392 g/mol. The second-order valence-corrected chi connectivity index (χ2v) is 9.01. The third-order valence-electron chi connectivity index (χ3n) is 4.60. The Morgan fingerprint density at radius 1 is 1.26 bits per heavy atom. The molecule has 0 bridgehead atoms. The van der Waals surface area contributed by atoms with Crippen molar-refractivity contribution in [3.05, 3.63) is 35.9 Å². The van der Waals surface area contributed by atoms with Gasteiger partial charge in [0.1, 0.15) is 0 Å². The second-order valence-electron chi connectivity index (χ2n) is 6.78. The fraction of sp³-hybridized carbons (Fsp3) is 0.500. The van der Waals surface area contributed by atoms with E-state index in [4.69, 9.17) is 0 Å². The van der Waals surface area contributed by atoms with E-state index >= 15 is 0 Å². The van der Waals surface area contributed by atoms with Gasteiger partial charge < -0.3 is 10.6 Å². The van der Waals surface area contributed by atoms with Gasteiger partial charge in [0.05, 0.1) is 17.0 Å². The molecule has 1 atom stereocenters. The second kappa shape index (κ2) is 8.08. The number of imidazole rings is 1. The molecule has 1 unspecified atom stereocenters. The van der Waals surface area contributed by atoms with E-state index in [1.54, 1.807) is 28.8 Å². The summed E-state index contributed by atoms with van der Waals surface area (Å²) in [6, 6.07) is 4.82. The van der Waals surface area contributed by atoms with Gasteiger partial charge >= 0.3 is 0 Å². The van der Waals surface area contributed by atoms with Crippen LogP contribution < -0.4 is 10.6 Å². The van der Waals surface area contributed by atoms with Gasteiger partial charge in [-0.2, -0.15) is 0 Å². The van der Waals surface area contributed by atoms with Crippen molar-refractivity contribution in [2.45, 2.75) is 38.6 Å². The zero-order valence-corrected chi connectivity index (χ0v) is 16.1. The molecule has 27 heavy (non-hydrogen) atoms. The van der Waals surface area contributed by atoms with Crippen molar-refractivity contribution in [2.24, 2.45) is 0 Å². The molecule has 2 aromatic rings. The van der Waals surface area contributed by atoms with Gasteiger partial charge in [0.2, 0.25) is 5.82 Å². The van der Waals surface area contributed by atoms with Gasteiger partial charge in [0.15, 0.2) is 15.5 Å². The Labute approximate surface area is 158 Å². The molecule has 0 aliphatic carbocycles. The maximum Gasteiger partial charge on any atom is 0.287 e. The van der Waals surface area contributed by atoms with E-state index in [0.29, 0.717) is 18.5 Å². The summed E-state index contributed by atoms with van der Waals surface area (Å²) in [6.07, 6.45) is 5.03. The van der Waals surface area contributed by atoms with Crippen molar-refractivity contribution >= 4 is 27.2 Å². The highest BCUT2D eigenvalue weighted by Crippen LogP contribution is 2.15. The van der Waals surface area contributed by atoms with Crippen LogP contribution in [0.1, 0.15) is 53.7 Å². The van der Waals surface area contributed by atoms with Crippen LogP contribution in [0.3, 0.4) is 0 Å². The predicted molar refractivity (Wildman–Crippen MR) is 102 cm³/mol. The van der Waals surface area contributed by atoms with Crippen LogP contribution in [0, 0.1) is 0 Å². The maximum atomic E-state index is 12.6. The van der Waals surface area contributed by atoms with Gasteiger partial charge in [-0.15, -0.1) is 0 Å². The smallest absolute Gasteiger partial charge is 0.287 e. The molecule has 9 heteroatoms. The molecule has 2 amide bonds. The highest BCUT2D eigenvalue weighted by Gasteiger charge is 2.30. The topological polar surface area (TPSA) is 110 Å². The molecule has 0 spiro atoms. The summed E-state index contributed by atoms with van der Waals surface area (Å²) < 4.78 is 24.7. The van der Waals surface area contributed by atoms with Crippen molar-refractivity contribution in [3.63, 3.8) is 0 Å². The molecule has 2 N–H and O–H groups in total. The van der Waals surface area contributed by atoms with Gasteiger partial charge in [-0.25, -0.2) is 13.4 Å². The van der Waals surface area contributed by atoms with E-state index in [-0.39, 0.29) is 28.9 Å². The van der Waals surface area contributed by atoms with E-state index in [1.807, 2.05) is 0 Å². The Bertz CT molecular complexity index is 951. The van der Waals surface area contributed by atoms with Crippen LogP contribution in [0.4, 0.5) is 0 Å². The molecular formula is C18H24N4O4S. The highest BCUT2D eigenvalue weighted by atomic mass is 32.2. The van der Waals surface area contributed by atoms with Crippen LogP contribution in [0.25, 0.3) is 5.52 Å². The molecule has 1 aliphatic heterocycles. The summed E-state index contributed by atoms with van der Waals surface area (Å²) in [4.78, 5) is 29.4. The van der Waals surface area contributed by atoms with Crippen LogP contribution in [0.5, 0.6) is 0 Å². The Kier molecular flexibility index (Phi) is 5.79. The van der Waals surface area contributed by atoms with Gasteiger partial charge in [0.25, 0.3) is 11.8 Å². The van der Waals surface area contributed by atoms with Crippen molar-refractivity contribution in [1.29, 1.82) is 0 Å². The van der Waals surface area contributed by atoms with Crippen LogP contribution in [0.15, 0.2) is 24.4 Å². The van der Waals surface area contributed by atoms with E-state index in [9.17, 15) is 18.0 Å². The number of hydrogen-bond acceptors (Lipinski definition) is 5. The Hall–Kier alpha value is -2.42. The minimum absolute atomic E-state index is 0.0627. The summed E-state index contributed by atoms with van der Waals surface area (Å²) in [7, 11) is -3.10. The first kappa shape index (κ1) is 19.3. The Morgan fingerprint density at radius 2 is 2.07 bits per heavy atom. The number of unbranched alkanes of at least 4 members (excludes halogenated alkanes) is 2. The van der Waals surface area contributed by atoms with E-state index < -0.39 is 21.8 Å². The third-order valence-corrected chi connectivity index (χ3v) is 6.37. The summed E-state index contributed by atoms with van der Waals surface area (Å²) >= 11 is 0. The average Bonchev–Trinajstić information content (AvgIpc) is 3.18. The first-order valence-electron chi connectivity index (χ1n) is 9.18. The quantitative estimate of drug-likeness (QED) is 0.688. The lowest BCUT2D eigenvalue weighted by Gasteiger charge is -2.09. The van der Waals surface area contributed by atoms with E-state index in [1.165, 1.54) is 0 Å². The lowest BCUT2D eigenvalue weighted by Crippen LogP contribution is -2.36. The molecule has 3 rings (SSSR count). The standard InChI is InChI=1S/C18H24N4O4S/c1-2-3-5-9-19-17(23)15-14-7-4-6-10-22(14)16(21-15)18(24)20-13-8-11-27(25,26)12-13/h4,6-7,10,13H,2-3,5,8-9,11-12H2,1H3,(H,19,23)(H,20,24). The molecule has 1 aliphatic rings. The summed E-state index contributed by atoms with van der Waals surface area (Å²) in [5.41, 5.74) is 0.728.